The summed E-state index contributed by atoms with van der Waals surface area (Å²) in [6.45, 7) is 4.37. The summed E-state index contributed by atoms with van der Waals surface area (Å²) in [5, 5.41) is 3.95. The van der Waals surface area contributed by atoms with E-state index >= 15 is 0 Å². The number of hydrogen-bond acceptors (Lipinski definition) is 5. The molecule has 0 spiro atoms. The highest BCUT2D eigenvalue weighted by Gasteiger charge is 2.15. The van der Waals surface area contributed by atoms with Crippen molar-refractivity contribution in [1.82, 2.24) is 19.9 Å². The van der Waals surface area contributed by atoms with Gasteiger partial charge in [-0.15, -0.1) is 0 Å². The largest absolute Gasteiger partial charge is 0.355 e. The van der Waals surface area contributed by atoms with Crippen LogP contribution in [0.1, 0.15) is 13.8 Å². The van der Waals surface area contributed by atoms with E-state index in [1.165, 1.54) is 0 Å². The Bertz CT molecular complexity index is 818. The minimum absolute atomic E-state index is 0.0962. The maximum Gasteiger partial charge on any atom is 0.261 e. The maximum atomic E-state index is 12.6. The Morgan fingerprint density at radius 1 is 1.50 bits per heavy atom. The third kappa shape index (κ3) is 1.83. The molecule has 7 heteroatoms. The molecule has 3 heterocycles. The van der Waals surface area contributed by atoms with Gasteiger partial charge in [0.15, 0.2) is 6.29 Å². The first-order chi connectivity index (χ1) is 9.61. The molecule has 0 aliphatic carbocycles. The van der Waals surface area contributed by atoms with E-state index in [4.69, 9.17) is 5.73 Å². The summed E-state index contributed by atoms with van der Waals surface area (Å²) in [6.07, 6.45) is 2.68. The Morgan fingerprint density at radius 3 is 2.95 bits per heavy atom. The zero-order valence-corrected chi connectivity index (χ0v) is 11.3. The van der Waals surface area contributed by atoms with E-state index < -0.39 is 6.29 Å². The van der Waals surface area contributed by atoms with Gasteiger partial charge in [0, 0.05) is 17.5 Å². The average Bonchev–Trinajstić information content (AvgIpc) is 2.92. The van der Waals surface area contributed by atoms with Crippen molar-refractivity contribution in [2.24, 2.45) is 10.7 Å². The molecule has 0 aromatic carbocycles. The van der Waals surface area contributed by atoms with E-state index in [-0.39, 0.29) is 5.56 Å². The Balaban J connectivity index is 2.45. The van der Waals surface area contributed by atoms with E-state index in [0.717, 1.165) is 10.9 Å². The average molecular weight is 272 g/mol. The minimum atomic E-state index is -0.516. The molecule has 1 aliphatic heterocycles. The fourth-order valence-electron chi connectivity index (χ4n) is 2.43. The molecule has 7 nitrogen and oxygen atoms in total. The van der Waals surface area contributed by atoms with E-state index in [2.05, 4.69) is 20.3 Å². The van der Waals surface area contributed by atoms with Crippen molar-refractivity contribution in [2.45, 2.75) is 26.7 Å². The topological polar surface area (TPSA) is 101 Å². The first-order valence-electron chi connectivity index (χ1n) is 6.45. The second-order valence-corrected chi connectivity index (χ2v) is 4.65. The van der Waals surface area contributed by atoms with E-state index in [1.807, 2.05) is 19.9 Å². The van der Waals surface area contributed by atoms with E-state index in [1.54, 1.807) is 17.1 Å². The number of nitrogens with one attached hydrogen (secondary N) is 2. The van der Waals surface area contributed by atoms with Crippen molar-refractivity contribution in [3.05, 3.63) is 39.7 Å². The molecule has 4 N–H and O–H groups in total. The van der Waals surface area contributed by atoms with E-state index in [0.29, 0.717) is 23.3 Å². The van der Waals surface area contributed by atoms with Crippen LogP contribution < -0.4 is 27.3 Å². The van der Waals surface area contributed by atoms with Gasteiger partial charge in [0.05, 0.1) is 23.8 Å². The van der Waals surface area contributed by atoms with Crippen LogP contribution in [0.3, 0.4) is 0 Å². The molecular weight excluding hydrogens is 256 g/mol. The predicted octanol–water partition coefficient (Wildman–Crippen LogP) is -1.15. The lowest BCUT2D eigenvalue weighted by atomic mass is 10.1. The third-order valence-electron chi connectivity index (χ3n) is 3.40. The first-order valence-corrected chi connectivity index (χ1v) is 6.45. The zero-order chi connectivity index (χ0) is 14.3. The van der Waals surface area contributed by atoms with Crippen LogP contribution in [0.4, 0.5) is 0 Å². The molecule has 1 atom stereocenters. The van der Waals surface area contributed by atoms with Crippen molar-refractivity contribution in [3.63, 3.8) is 0 Å². The second kappa shape index (κ2) is 4.61. The zero-order valence-electron chi connectivity index (χ0n) is 11.3. The van der Waals surface area contributed by atoms with Gasteiger partial charge >= 0.3 is 0 Å². The van der Waals surface area contributed by atoms with E-state index in [9.17, 15) is 4.79 Å². The van der Waals surface area contributed by atoms with Gasteiger partial charge in [0.1, 0.15) is 5.49 Å². The van der Waals surface area contributed by atoms with Gasteiger partial charge in [-0.05, 0) is 19.9 Å². The van der Waals surface area contributed by atoms with Crippen LogP contribution >= 0.6 is 0 Å². The summed E-state index contributed by atoms with van der Waals surface area (Å²) in [7, 11) is 0. The summed E-state index contributed by atoms with van der Waals surface area (Å²) in [6, 6.07) is 1.83. The van der Waals surface area contributed by atoms with Crippen LogP contribution in [0.25, 0.3) is 17.0 Å². The monoisotopic (exact) mass is 272 g/mol. The number of rotatable bonds is 2. The highest BCUT2D eigenvalue weighted by atomic mass is 16.1. The molecule has 3 rings (SSSR count). The first kappa shape index (κ1) is 12.6. The van der Waals surface area contributed by atoms with Crippen LogP contribution in [0.2, 0.25) is 0 Å². The van der Waals surface area contributed by atoms with Crippen molar-refractivity contribution in [1.29, 1.82) is 0 Å². The Kier molecular flexibility index (Phi) is 2.90. The van der Waals surface area contributed by atoms with Crippen LogP contribution in [0, 0.1) is 0 Å². The number of imidazole rings is 1. The smallest absolute Gasteiger partial charge is 0.261 e. The molecule has 2 aromatic heterocycles. The number of nitrogens with two attached hydrogens (primary N) is 1. The molecule has 0 fully saturated rings. The van der Waals surface area contributed by atoms with Crippen LogP contribution in [-0.2, 0) is 6.54 Å². The van der Waals surface area contributed by atoms with Gasteiger partial charge in [-0.3, -0.25) is 15.1 Å². The number of aromatic amines is 1. The van der Waals surface area contributed by atoms with Gasteiger partial charge in [-0.2, -0.15) is 0 Å². The number of pyridine rings is 1. The summed E-state index contributed by atoms with van der Waals surface area (Å²) in [4.78, 5) is 23.8. The molecule has 0 bridgehead atoms. The molecule has 20 heavy (non-hydrogen) atoms. The normalized spacial score (nSPS) is 17.4. The van der Waals surface area contributed by atoms with Gasteiger partial charge in [0.25, 0.3) is 5.56 Å². The quantitative estimate of drug-likeness (QED) is 0.642. The van der Waals surface area contributed by atoms with Crippen LogP contribution in [0.5, 0.6) is 0 Å². The van der Waals surface area contributed by atoms with Crippen molar-refractivity contribution < 1.29 is 0 Å². The minimum Gasteiger partial charge on any atom is -0.355 e. The second-order valence-electron chi connectivity index (χ2n) is 4.65. The Labute approximate surface area is 114 Å². The highest BCUT2D eigenvalue weighted by Crippen LogP contribution is 2.08. The SMILES string of the molecule is CCn1c(=O)c(-c2cnc[nH]2)cc2c1=NC(N)NC=2C. The van der Waals surface area contributed by atoms with Gasteiger partial charge < -0.3 is 10.3 Å². The molecule has 104 valence electrons. The lowest BCUT2D eigenvalue weighted by Crippen LogP contribution is -2.53. The third-order valence-corrected chi connectivity index (χ3v) is 3.40. The van der Waals surface area contributed by atoms with Crippen molar-refractivity contribution in [3.8, 4) is 11.3 Å². The number of nitrogens with zero attached hydrogens (tertiary/aromatic N) is 3. The number of hydrogen-bond donors (Lipinski definition) is 3. The number of aromatic nitrogens is 3. The Morgan fingerprint density at radius 2 is 2.30 bits per heavy atom. The summed E-state index contributed by atoms with van der Waals surface area (Å²) in [5.74, 6) is 0. The number of fused-ring (bicyclic) bond motifs is 1. The summed E-state index contributed by atoms with van der Waals surface area (Å²) < 4.78 is 1.63. The van der Waals surface area contributed by atoms with Crippen LogP contribution in [0.15, 0.2) is 28.4 Å². The molecule has 0 radical (unpaired) electrons. The van der Waals surface area contributed by atoms with Gasteiger partial charge in [-0.1, -0.05) is 0 Å². The predicted molar refractivity (Wildman–Crippen MR) is 74.9 cm³/mol. The molecule has 1 unspecified atom stereocenters. The van der Waals surface area contributed by atoms with Crippen molar-refractivity contribution >= 4 is 5.70 Å². The van der Waals surface area contributed by atoms with Gasteiger partial charge in [0.2, 0.25) is 0 Å². The van der Waals surface area contributed by atoms with Crippen molar-refractivity contribution in [2.75, 3.05) is 0 Å². The molecule has 0 saturated carbocycles. The lowest BCUT2D eigenvalue weighted by molar-refractivity contribution is 0.573. The summed E-state index contributed by atoms with van der Waals surface area (Å²) >= 11 is 0. The number of H-pyrrole nitrogens is 1. The Hall–Kier alpha value is -2.41. The summed E-state index contributed by atoms with van der Waals surface area (Å²) in [5.41, 5.74) is 8.53. The lowest BCUT2D eigenvalue weighted by Gasteiger charge is -2.18. The molecule has 2 aromatic rings. The van der Waals surface area contributed by atoms with Crippen LogP contribution in [-0.4, -0.2) is 20.8 Å². The maximum absolute atomic E-state index is 12.6. The highest BCUT2D eigenvalue weighted by molar-refractivity contribution is 5.58. The molecule has 1 aliphatic rings. The standard InChI is InChI=1S/C13H16N6O/c1-3-19-11-8(7(2)17-13(14)18-11)4-9(12(19)20)10-5-15-6-16-10/h4-6,13,17H,3,14H2,1-2H3,(H,15,16). The molecular formula is C13H16N6O. The molecule has 0 saturated heterocycles. The molecule has 0 amide bonds. The fourth-order valence-corrected chi connectivity index (χ4v) is 2.43. The van der Waals surface area contributed by atoms with Gasteiger partial charge in [-0.25, -0.2) is 9.98 Å². The fraction of sp³-hybridized carbons (Fsp3) is 0.308.